The Morgan fingerprint density at radius 1 is 1.45 bits per heavy atom. The third-order valence-electron chi connectivity index (χ3n) is 3.58. The van der Waals surface area contributed by atoms with E-state index in [1.54, 1.807) is 12.1 Å². The molecule has 1 aliphatic rings. The highest BCUT2D eigenvalue weighted by Gasteiger charge is 2.23. The van der Waals surface area contributed by atoms with Gasteiger partial charge in [-0.15, -0.1) is 23.7 Å². The van der Waals surface area contributed by atoms with E-state index in [4.69, 9.17) is 0 Å². The van der Waals surface area contributed by atoms with Gasteiger partial charge in [0.2, 0.25) is 0 Å². The molecule has 1 aliphatic heterocycles. The Hall–Kier alpha value is -1.70. The number of nitrogens with one attached hydrogen (secondary N) is 1. The summed E-state index contributed by atoms with van der Waals surface area (Å²) in [7, 11) is 0. The van der Waals surface area contributed by atoms with Crippen molar-refractivity contribution in [2.45, 2.75) is 13.0 Å². The van der Waals surface area contributed by atoms with E-state index in [2.05, 4.69) is 5.32 Å². The number of nitro groups is 1. The SMILES string of the molecule is CC1CN(C(=O)c2cc3cc([N+](=O)[O-])ccc3s2)CCN1.Cl. The van der Waals surface area contributed by atoms with Crippen molar-refractivity contribution < 1.29 is 9.72 Å². The van der Waals surface area contributed by atoms with Crippen LogP contribution in [0.2, 0.25) is 0 Å². The molecule has 118 valence electrons. The number of benzene rings is 1. The summed E-state index contributed by atoms with van der Waals surface area (Å²) in [4.78, 5) is 25.4. The van der Waals surface area contributed by atoms with Crippen LogP contribution in [0.5, 0.6) is 0 Å². The van der Waals surface area contributed by atoms with Crippen molar-refractivity contribution in [3.8, 4) is 0 Å². The number of amides is 1. The fourth-order valence-electron chi connectivity index (χ4n) is 2.52. The lowest BCUT2D eigenvalue weighted by Crippen LogP contribution is -2.51. The molecule has 0 aliphatic carbocycles. The van der Waals surface area contributed by atoms with Gasteiger partial charge in [0.15, 0.2) is 0 Å². The fraction of sp³-hybridized carbons (Fsp3) is 0.357. The van der Waals surface area contributed by atoms with Gasteiger partial charge in [-0.3, -0.25) is 14.9 Å². The molecule has 1 aromatic heterocycles. The topological polar surface area (TPSA) is 75.5 Å². The third kappa shape index (κ3) is 3.21. The third-order valence-corrected chi connectivity index (χ3v) is 4.68. The monoisotopic (exact) mass is 341 g/mol. The number of carbonyl (C=O) groups excluding carboxylic acids is 1. The minimum Gasteiger partial charge on any atom is -0.335 e. The van der Waals surface area contributed by atoms with Gasteiger partial charge in [-0.2, -0.15) is 0 Å². The van der Waals surface area contributed by atoms with Crippen LogP contribution in [0, 0.1) is 10.1 Å². The molecule has 6 nitrogen and oxygen atoms in total. The summed E-state index contributed by atoms with van der Waals surface area (Å²) in [6, 6.07) is 6.73. The van der Waals surface area contributed by atoms with Crippen LogP contribution in [0.3, 0.4) is 0 Å². The standard InChI is InChI=1S/C14H15N3O3S.ClH/c1-9-8-16(5-4-15-9)14(18)13-7-10-6-11(17(19)20)2-3-12(10)21-13;/h2-3,6-7,9,15H,4-5,8H2,1H3;1H. The van der Waals surface area contributed by atoms with E-state index < -0.39 is 4.92 Å². The molecule has 0 spiro atoms. The van der Waals surface area contributed by atoms with Crippen LogP contribution in [0.1, 0.15) is 16.6 Å². The summed E-state index contributed by atoms with van der Waals surface area (Å²) in [5.41, 5.74) is 0.0510. The van der Waals surface area contributed by atoms with Crippen molar-refractivity contribution in [3.63, 3.8) is 0 Å². The van der Waals surface area contributed by atoms with Gasteiger partial charge in [-0.1, -0.05) is 0 Å². The Morgan fingerprint density at radius 3 is 2.91 bits per heavy atom. The predicted molar refractivity (Wildman–Crippen MR) is 89.1 cm³/mol. The van der Waals surface area contributed by atoms with Crippen molar-refractivity contribution in [2.75, 3.05) is 19.6 Å². The first-order chi connectivity index (χ1) is 10.0. The number of hydrogen-bond acceptors (Lipinski definition) is 5. The average Bonchev–Trinajstić information content (AvgIpc) is 2.89. The zero-order valence-electron chi connectivity index (χ0n) is 11.9. The van der Waals surface area contributed by atoms with Crippen LogP contribution in [0.4, 0.5) is 5.69 Å². The number of hydrogen-bond donors (Lipinski definition) is 1. The molecule has 0 saturated carbocycles. The first-order valence-electron chi connectivity index (χ1n) is 6.75. The maximum absolute atomic E-state index is 12.5. The number of carbonyl (C=O) groups is 1. The van der Waals surface area contributed by atoms with E-state index in [-0.39, 0.29) is 30.0 Å². The van der Waals surface area contributed by atoms with E-state index in [1.807, 2.05) is 11.8 Å². The number of nitro benzene ring substituents is 1. The van der Waals surface area contributed by atoms with Crippen LogP contribution < -0.4 is 5.32 Å². The van der Waals surface area contributed by atoms with E-state index >= 15 is 0 Å². The summed E-state index contributed by atoms with van der Waals surface area (Å²) < 4.78 is 0.895. The van der Waals surface area contributed by atoms with Gasteiger partial charge in [0.25, 0.3) is 11.6 Å². The van der Waals surface area contributed by atoms with Crippen molar-refractivity contribution in [1.29, 1.82) is 0 Å². The Bertz CT molecular complexity index is 718. The van der Waals surface area contributed by atoms with Crippen molar-refractivity contribution in [3.05, 3.63) is 39.3 Å². The van der Waals surface area contributed by atoms with E-state index in [0.29, 0.717) is 18.0 Å². The maximum Gasteiger partial charge on any atom is 0.270 e. The highest BCUT2D eigenvalue weighted by Crippen LogP contribution is 2.29. The molecule has 1 unspecified atom stereocenters. The molecule has 8 heteroatoms. The van der Waals surface area contributed by atoms with Crippen molar-refractivity contribution >= 4 is 45.4 Å². The minimum absolute atomic E-state index is 0. The van der Waals surface area contributed by atoms with Crippen LogP contribution >= 0.6 is 23.7 Å². The van der Waals surface area contributed by atoms with Crippen LogP contribution in [0.15, 0.2) is 24.3 Å². The molecule has 1 fully saturated rings. The maximum atomic E-state index is 12.5. The van der Waals surface area contributed by atoms with Gasteiger partial charge >= 0.3 is 0 Å². The van der Waals surface area contributed by atoms with Crippen LogP contribution in [0.25, 0.3) is 10.1 Å². The first kappa shape index (κ1) is 16.7. The fourth-order valence-corrected chi connectivity index (χ4v) is 3.53. The van der Waals surface area contributed by atoms with Gasteiger partial charge in [0.1, 0.15) is 0 Å². The smallest absolute Gasteiger partial charge is 0.270 e. The van der Waals surface area contributed by atoms with Crippen molar-refractivity contribution in [1.82, 2.24) is 10.2 Å². The molecular weight excluding hydrogens is 326 g/mol. The summed E-state index contributed by atoms with van der Waals surface area (Å²) in [5, 5.41) is 14.8. The molecule has 1 saturated heterocycles. The largest absolute Gasteiger partial charge is 0.335 e. The molecule has 3 rings (SSSR count). The number of halogens is 1. The second-order valence-corrected chi connectivity index (χ2v) is 6.28. The molecule has 2 aromatic rings. The van der Waals surface area contributed by atoms with E-state index in [1.165, 1.54) is 23.5 Å². The van der Waals surface area contributed by atoms with Gasteiger partial charge < -0.3 is 10.2 Å². The van der Waals surface area contributed by atoms with E-state index in [0.717, 1.165) is 16.6 Å². The average molecular weight is 342 g/mol. The molecule has 0 radical (unpaired) electrons. The normalized spacial score (nSPS) is 18.0. The zero-order chi connectivity index (χ0) is 15.0. The predicted octanol–water partition coefficient (Wildman–Crippen LogP) is 2.67. The zero-order valence-corrected chi connectivity index (χ0v) is 13.6. The number of nitrogens with zero attached hydrogens (tertiary/aromatic N) is 2. The molecule has 1 amide bonds. The number of thiophene rings is 1. The quantitative estimate of drug-likeness (QED) is 0.673. The lowest BCUT2D eigenvalue weighted by Gasteiger charge is -2.31. The Balaban J connectivity index is 0.00000176. The number of rotatable bonds is 2. The number of fused-ring (bicyclic) bond motifs is 1. The van der Waals surface area contributed by atoms with Gasteiger partial charge in [0, 0.05) is 47.9 Å². The molecule has 1 N–H and O–H groups in total. The van der Waals surface area contributed by atoms with Gasteiger partial charge in [-0.25, -0.2) is 0 Å². The highest BCUT2D eigenvalue weighted by atomic mass is 35.5. The summed E-state index contributed by atoms with van der Waals surface area (Å²) in [6.45, 7) is 4.22. The highest BCUT2D eigenvalue weighted by molar-refractivity contribution is 7.20. The molecule has 1 atom stereocenters. The van der Waals surface area contributed by atoms with Crippen LogP contribution in [-0.2, 0) is 0 Å². The molecular formula is C14H16ClN3O3S. The number of non-ortho nitro benzene ring substituents is 1. The second-order valence-electron chi connectivity index (χ2n) is 5.20. The Morgan fingerprint density at radius 2 is 2.23 bits per heavy atom. The minimum atomic E-state index is -0.420. The molecule has 1 aromatic carbocycles. The van der Waals surface area contributed by atoms with E-state index in [9.17, 15) is 14.9 Å². The Kier molecular flexibility index (Phi) is 5.00. The second kappa shape index (κ2) is 6.60. The summed E-state index contributed by atoms with van der Waals surface area (Å²) >= 11 is 1.39. The lowest BCUT2D eigenvalue weighted by atomic mass is 10.2. The van der Waals surface area contributed by atoms with Crippen LogP contribution in [-0.4, -0.2) is 41.4 Å². The molecule has 0 bridgehead atoms. The molecule has 2 heterocycles. The van der Waals surface area contributed by atoms with Gasteiger partial charge in [-0.05, 0) is 19.1 Å². The lowest BCUT2D eigenvalue weighted by molar-refractivity contribution is -0.384. The summed E-state index contributed by atoms with van der Waals surface area (Å²) in [6.07, 6.45) is 0. The Labute approximate surface area is 137 Å². The number of piperazine rings is 1. The van der Waals surface area contributed by atoms with Gasteiger partial charge in [0.05, 0.1) is 9.80 Å². The summed E-state index contributed by atoms with van der Waals surface area (Å²) in [5.74, 6) is 0.00667. The first-order valence-corrected chi connectivity index (χ1v) is 7.57. The van der Waals surface area contributed by atoms with Crippen molar-refractivity contribution in [2.24, 2.45) is 0 Å². The molecule has 22 heavy (non-hydrogen) atoms.